The number of ether oxygens (including phenoxy) is 1. The molecular formula is C19H22N2O3. The summed E-state index contributed by atoms with van der Waals surface area (Å²) >= 11 is 0. The first kappa shape index (κ1) is 17.5. The Bertz CT molecular complexity index is 685. The molecule has 1 aliphatic rings. The molecule has 1 aromatic rings. The van der Waals surface area contributed by atoms with Gasteiger partial charge in [-0.05, 0) is 48.1 Å². The number of oxime groups is 1. The number of hydrogen-bond donors (Lipinski definition) is 1. The lowest BCUT2D eigenvalue weighted by Crippen LogP contribution is -2.25. The average molecular weight is 326 g/mol. The molecular weight excluding hydrogens is 304 g/mol. The molecule has 0 bridgehead atoms. The maximum atomic E-state index is 11.6. The zero-order valence-electron chi connectivity index (χ0n) is 13.8. The number of nitrogens with zero attached hydrogens (tertiary/aromatic N) is 1. The predicted octanol–water partition coefficient (Wildman–Crippen LogP) is 3.23. The van der Waals surface area contributed by atoms with Gasteiger partial charge in [0.15, 0.2) is 5.71 Å². The van der Waals surface area contributed by atoms with Crippen LogP contribution in [0.5, 0.6) is 5.75 Å². The lowest BCUT2D eigenvalue weighted by Gasteiger charge is -2.05. The van der Waals surface area contributed by atoms with Crippen LogP contribution in [-0.2, 0) is 9.63 Å². The lowest BCUT2D eigenvalue weighted by molar-refractivity contribution is -0.112. The Balaban J connectivity index is 2.17. The quantitative estimate of drug-likeness (QED) is 0.453. The number of hydrogen-bond acceptors (Lipinski definition) is 4. The molecule has 0 aliphatic heterocycles. The summed E-state index contributed by atoms with van der Waals surface area (Å²) in [7, 11) is 1.41. The molecule has 5 nitrogen and oxygen atoms in total. The van der Waals surface area contributed by atoms with Gasteiger partial charge < -0.3 is 15.3 Å². The van der Waals surface area contributed by atoms with Crippen LogP contribution >= 0.6 is 0 Å². The normalized spacial score (nSPS) is 15.0. The molecule has 1 aromatic carbocycles. The van der Waals surface area contributed by atoms with E-state index in [1.54, 1.807) is 6.08 Å². The summed E-state index contributed by atoms with van der Waals surface area (Å²) in [6.45, 7) is 4.11. The second-order valence-electron chi connectivity index (χ2n) is 5.35. The van der Waals surface area contributed by atoms with Gasteiger partial charge in [-0.15, -0.1) is 0 Å². The lowest BCUT2D eigenvalue weighted by atomic mass is 10.0. The zero-order chi connectivity index (χ0) is 17.4. The molecule has 0 radical (unpaired) electrons. The molecule has 126 valence electrons. The maximum absolute atomic E-state index is 11.6. The van der Waals surface area contributed by atoms with Crippen LogP contribution in [0, 0.1) is 0 Å². The van der Waals surface area contributed by atoms with Gasteiger partial charge in [-0.3, -0.25) is 4.79 Å². The van der Waals surface area contributed by atoms with Crippen LogP contribution in [0.4, 0.5) is 0 Å². The van der Waals surface area contributed by atoms with Crippen molar-refractivity contribution in [3.8, 4) is 5.75 Å². The van der Waals surface area contributed by atoms with Crippen molar-refractivity contribution in [2.24, 2.45) is 10.9 Å². The van der Waals surface area contributed by atoms with Crippen molar-refractivity contribution in [2.45, 2.75) is 19.3 Å². The summed E-state index contributed by atoms with van der Waals surface area (Å²) in [6.07, 6.45) is 8.36. The van der Waals surface area contributed by atoms with Crippen molar-refractivity contribution in [1.29, 1.82) is 0 Å². The largest absolute Gasteiger partial charge is 0.490 e. The molecule has 1 aliphatic carbocycles. The number of benzene rings is 1. The van der Waals surface area contributed by atoms with Crippen LogP contribution in [0.1, 0.15) is 24.8 Å². The van der Waals surface area contributed by atoms with Crippen molar-refractivity contribution < 1.29 is 14.4 Å². The second kappa shape index (κ2) is 8.72. The Kier molecular flexibility index (Phi) is 6.37. The van der Waals surface area contributed by atoms with E-state index in [0.29, 0.717) is 6.61 Å². The van der Waals surface area contributed by atoms with Crippen LogP contribution in [-0.4, -0.2) is 25.3 Å². The summed E-state index contributed by atoms with van der Waals surface area (Å²) in [6, 6.07) is 7.77. The Morgan fingerprint density at radius 1 is 1.29 bits per heavy atom. The highest BCUT2D eigenvalue weighted by Crippen LogP contribution is 2.29. The number of rotatable bonds is 8. The zero-order valence-corrected chi connectivity index (χ0v) is 13.8. The van der Waals surface area contributed by atoms with Crippen molar-refractivity contribution in [3.63, 3.8) is 0 Å². The molecule has 0 aromatic heterocycles. The highest BCUT2D eigenvalue weighted by molar-refractivity contribution is 6.45. The van der Waals surface area contributed by atoms with Gasteiger partial charge in [0.05, 0.1) is 0 Å². The fourth-order valence-corrected chi connectivity index (χ4v) is 2.59. The molecule has 2 N–H and O–H groups in total. The molecule has 0 saturated carbocycles. The molecule has 0 heterocycles. The van der Waals surface area contributed by atoms with Gasteiger partial charge in [0, 0.05) is 0 Å². The first-order valence-electron chi connectivity index (χ1n) is 7.81. The molecule has 24 heavy (non-hydrogen) atoms. The van der Waals surface area contributed by atoms with Crippen molar-refractivity contribution in [3.05, 3.63) is 59.7 Å². The minimum absolute atomic E-state index is 0.211. The first-order chi connectivity index (χ1) is 11.7. The first-order valence-corrected chi connectivity index (χ1v) is 7.81. The topological polar surface area (TPSA) is 73.9 Å². The van der Waals surface area contributed by atoms with Gasteiger partial charge in [0.2, 0.25) is 0 Å². The number of carbonyl (C=O) groups excluding carboxylic acids is 1. The Labute approximate surface area is 142 Å². The second-order valence-corrected chi connectivity index (χ2v) is 5.35. The summed E-state index contributed by atoms with van der Waals surface area (Å²) in [5.41, 5.74) is 8.59. The van der Waals surface area contributed by atoms with E-state index in [1.807, 2.05) is 36.4 Å². The number of amides is 1. The summed E-state index contributed by atoms with van der Waals surface area (Å²) in [4.78, 5) is 16.3. The highest BCUT2D eigenvalue weighted by atomic mass is 16.6. The van der Waals surface area contributed by atoms with Gasteiger partial charge in [0.25, 0.3) is 5.91 Å². The Morgan fingerprint density at radius 3 is 2.67 bits per heavy atom. The third-order valence-corrected chi connectivity index (χ3v) is 3.69. The van der Waals surface area contributed by atoms with E-state index in [9.17, 15) is 4.79 Å². The van der Waals surface area contributed by atoms with Gasteiger partial charge in [0.1, 0.15) is 19.5 Å². The summed E-state index contributed by atoms with van der Waals surface area (Å²) < 4.78 is 5.46. The SMILES string of the molecule is C=CCOc1ccc(C=CC2=C(C(=NOC)C(N)=O)CCC2)cc1. The number of allylic oxidation sites excluding steroid dienone is 2. The number of nitrogens with two attached hydrogens (primary N) is 1. The average Bonchev–Trinajstić information content (AvgIpc) is 3.04. The van der Waals surface area contributed by atoms with Crippen LogP contribution in [0.25, 0.3) is 6.08 Å². The highest BCUT2D eigenvalue weighted by Gasteiger charge is 2.22. The predicted molar refractivity (Wildman–Crippen MR) is 95.7 cm³/mol. The van der Waals surface area contributed by atoms with E-state index in [-0.39, 0.29) is 5.71 Å². The molecule has 0 spiro atoms. The molecule has 0 fully saturated rings. The van der Waals surface area contributed by atoms with Gasteiger partial charge in [-0.2, -0.15) is 0 Å². The van der Waals surface area contributed by atoms with Gasteiger partial charge >= 0.3 is 0 Å². The molecule has 0 atom stereocenters. The molecule has 5 heteroatoms. The standard InChI is InChI=1S/C19H22N2O3/c1-3-13-24-16-11-8-14(9-12-16)7-10-15-5-4-6-17(15)18(19(20)22)21-23-2/h3,7-12H,1,4-6,13H2,2H3,(H2,20,22). The third-order valence-electron chi connectivity index (χ3n) is 3.69. The van der Waals surface area contributed by atoms with E-state index in [4.69, 9.17) is 15.3 Å². The summed E-state index contributed by atoms with van der Waals surface area (Å²) in [5.74, 6) is 0.236. The van der Waals surface area contributed by atoms with Crippen LogP contribution in [0.2, 0.25) is 0 Å². The summed E-state index contributed by atoms with van der Waals surface area (Å²) in [5, 5.41) is 3.78. The van der Waals surface area contributed by atoms with Crippen molar-refractivity contribution >= 4 is 17.7 Å². The Morgan fingerprint density at radius 2 is 2.04 bits per heavy atom. The fourth-order valence-electron chi connectivity index (χ4n) is 2.59. The minimum atomic E-state index is -0.566. The molecule has 0 unspecified atom stereocenters. The number of primary amides is 1. The molecule has 1 amide bonds. The molecule has 0 saturated heterocycles. The van der Waals surface area contributed by atoms with Gasteiger partial charge in [-0.25, -0.2) is 0 Å². The van der Waals surface area contributed by atoms with E-state index < -0.39 is 5.91 Å². The van der Waals surface area contributed by atoms with E-state index in [0.717, 1.165) is 41.7 Å². The minimum Gasteiger partial charge on any atom is -0.490 e. The fraction of sp³-hybridized carbons (Fsp3) is 0.263. The van der Waals surface area contributed by atoms with Crippen LogP contribution in [0.15, 0.2) is 59.3 Å². The van der Waals surface area contributed by atoms with Crippen LogP contribution < -0.4 is 10.5 Å². The van der Waals surface area contributed by atoms with Crippen molar-refractivity contribution in [2.75, 3.05) is 13.7 Å². The number of carbonyl (C=O) groups is 1. The monoisotopic (exact) mass is 326 g/mol. The van der Waals surface area contributed by atoms with E-state index >= 15 is 0 Å². The van der Waals surface area contributed by atoms with E-state index in [2.05, 4.69) is 11.7 Å². The van der Waals surface area contributed by atoms with Crippen LogP contribution in [0.3, 0.4) is 0 Å². The smallest absolute Gasteiger partial charge is 0.271 e. The van der Waals surface area contributed by atoms with E-state index in [1.165, 1.54) is 7.11 Å². The Hall–Kier alpha value is -2.82. The maximum Gasteiger partial charge on any atom is 0.271 e. The molecule has 2 rings (SSSR count). The third kappa shape index (κ3) is 4.59. The van der Waals surface area contributed by atoms with Crippen molar-refractivity contribution in [1.82, 2.24) is 0 Å². The van der Waals surface area contributed by atoms with Gasteiger partial charge in [-0.1, -0.05) is 42.1 Å².